The summed E-state index contributed by atoms with van der Waals surface area (Å²) in [6.07, 6.45) is 3.14. The average molecular weight is 638 g/mol. The molecule has 0 aliphatic carbocycles. The maximum absolute atomic E-state index is 12.6. The van der Waals surface area contributed by atoms with Crippen LogP contribution >= 0.6 is 22.9 Å². The molecule has 7 rings (SSSR count). The predicted molar refractivity (Wildman–Crippen MR) is 178 cm³/mol. The molecule has 12 heteroatoms. The maximum Gasteiger partial charge on any atom is 0.411 e. The van der Waals surface area contributed by atoms with Gasteiger partial charge in [0.1, 0.15) is 12.3 Å². The van der Waals surface area contributed by atoms with Crippen molar-refractivity contribution in [3.8, 4) is 22.6 Å². The second-order valence-corrected chi connectivity index (χ2v) is 11.6. The van der Waals surface area contributed by atoms with Crippen molar-refractivity contribution in [2.75, 3.05) is 41.8 Å². The molecule has 0 radical (unpaired) electrons. The highest BCUT2D eigenvalue weighted by Crippen LogP contribution is 2.35. The van der Waals surface area contributed by atoms with Crippen molar-refractivity contribution in [1.82, 2.24) is 19.4 Å². The quantitative estimate of drug-likeness (QED) is 0.177. The molecule has 1 amide bonds. The first-order valence-electron chi connectivity index (χ1n) is 14.4. The number of amides is 1. The summed E-state index contributed by atoms with van der Waals surface area (Å²) in [6, 6.07) is 24.8. The minimum absolute atomic E-state index is 0.107. The molecule has 45 heavy (non-hydrogen) atoms. The van der Waals surface area contributed by atoms with Crippen molar-refractivity contribution in [2.45, 2.75) is 6.61 Å². The number of nitrogens with zero attached hydrogens (tertiary/aromatic N) is 5. The van der Waals surface area contributed by atoms with Crippen LogP contribution in [0.1, 0.15) is 5.56 Å². The molecule has 4 heterocycles. The molecule has 2 N–H and O–H groups in total. The van der Waals surface area contributed by atoms with Crippen molar-refractivity contribution in [1.29, 1.82) is 0 Å². The van der Waals surface area contributed by atoms with E-state index in [1.807, 2.05) is 64.5 Å². The number of morpholine rings is 1. The van der Waals surface area contributed by atoms with Crippen molar-refractivity contribution in [3.63, 3.8) is 0 Å². The van der Waals surface area contributed by atoms with Gasteiger partial charge < -0.3 is 19.7 Å². The molecule has 3 aromatic carbocycles. The van der Waals surface area contributed by atoms with E-state index in [0.717, 1.165) is 65.2 Å². The van der Waals surface area contributed by atoms with E-state index in [2.05, 4.69) is 32.7 Å². The molecule has 0 spiro atoms. The van der Waals surface area contributed by atoms with Crippen LogP contribution in [0, 0.1) is 0 Å². The molecule has 0 bridgehead atoms. The molecule has 0 unspecified atom stereocenters. The smallest absolute Gasteiger partial charge is 0.411 e. The number of carbonyl (C=O) groups excluding carboxylic acids is 1. The number of carbonyl (C=O) groups is 1. The topological polar surface area (TPSA) is 106 Å². The van der Waals surface area contributed by atoms with Gasteiger partial charge in [-0.25, -0.2) is 19.7 Å². The molecule has 3 aromatic heterocycles. The summed E-state index contributed by atoms with van der Waals surface area (Å²) in [5.41, 5.74) is 6.51. The number of hydrogen-bond donors (Lipinski definition) is 2. The fourth-order valence-corrected chi connectivity index (χ4v) is 6.09. The van der Waals surface area contributed by atoms with Crippen molar-refractivity contribution < 1.29 is 14.3 Å². The summed E-state index contributed by atoms with van der Waals surface area (Å²) in [7, 11) is 0. The van der Waals surface area contributed by atoms with E-state index >= 15 is 0 Å². The number of ether oxygens (including phenoxy) is 2. The van der Waals surface area contributed by atoms with Gasteiger partial charge in [0.2, 0.25) is 5.95 Å². The van der Waals surface area contributed by atoms with Gasteiger partial charge >= 0.3 is 6.09 Å². The van der Waals surface area contributed by atoms with Gasteiger partial charge in [-0.05, 0) is 60.2 Å². The van der Waals surface area contributed by atoms with E-state index in [1.54, 1.807) is 24.4 Å². The number of fused-ring (bicyclic) bond motifs is 1. The molecule has 6 aromatic rings. The van der Waals surface area contributed by atoms with Crippen LogP contribution in [-0.4, -0.2) is 51.7 Å². The molecule has 1 aliphatic rings. The van der Waals surface area contributed by atoms with Gasteiger partial charge in [-0.3, -0.25) is 9.72 Å². The van der Waals surface area contributed by atoms with Gasteiger partial charge in [-0.1, -0.05) is 35.9 Å². The average Bonchev–Trinajstić information content (AvgIpc) is 3.67. The Hall–Kier alpha value is -4.97. The number of aromatic nitrogens is 4. The second-order valence-electron chi connectivity index (χ2n) is 10.3. The van der Waals surface area contributed by atoms with Crippen molar-refractivity contribution >= 4 is 57.0 Å². The SMILES string of the molecule is O=C(Nc1cccc(-c2nc3sccn3c2-c2ccnc(Nc3ccc(N4CCOCC4)cc3)n2)c1)OCc1cccc(Cl)c1. The Bertz CT molecular complexity index is 1950. The first-order chi connectivity index (χ1) is 22.1. The van der Waals surface area contributed by atoms with Crippen molar-refractivity contribution in [2.24, 2.45) is 0 Å². The van der Waals surface area contributed by atoms with E-state index in [-0.39, 0.29) is 6.61 Å². The first kappa shape index (κ1) is 28.8. The van der Waals surface area contributed by atoms with Crippen LogP contribution in [0.3, 0.4) is 0 Å². The third kappa shape index (κ3) is 6.60. The first-order valence-corrected chi connectivity index (χ1v) is 15.6. The van der Waals surface area contributed by atoms with Gasteiger partial charge in [0.15, 0.2) is 4.96 Å². The van der Waals surface area contributed by atoms with Gasteiger partial charge in [0, 0.05) is 58.5 Å². The van der Waals surface area contributed by atoms with E-state index < -0.39 is 6.09 Å². The molecule has 0 saturated carbocycles. The Kier molecular flexibility index (Phi) is 8.28. The second kappa shape index (κ2) is 12.9. The number of halogens is 1. The lowest BCUT2D eigenvalue weighted by molar-refractivity contribution is 0.122. The molecular weight excluding hydrogens is 610 g/mol. The number of benzene rings is 3. The summed E-state index contributed by atoms with van der Waals surface area (Å²) in [5, 5.41) is 8.72. The number of hydrogen-bond acceptors (Lipinski definition) is 9. The largest absolute Gasteiger partial charge is 0.444 e. The highest BCUT2D eigenvalue weighted by Gasteiger charge is 2.19. The summed E-state index contributed by atoms with van der Waals surface area (Å²) in [6.45, 7) is 3.36. The Morgan fingerprint density at radius 3 is 2.67 bits per heavy atom. The lowest BCUT2D eigenvalue weighted by Gasteiger charge is -2.28. The molecule has 1 aliphatic heterocycles. The van der Waals surface area contributed by atoms with E-state index in [4.69, 9.17) is 31.0 Å². The Morgan fingerprint density at radius 2 is 1.82 bits per heavy atom. The standard InChI is InChI=1S/C33H28ClN7O3S/c34-24-5-1-3-22(19-24)21-44-33(42)37-26-6-2-4-23(20-26)29-30(41-15-18-45-32(41)39-29)28-11-12-35-31(38-28)36-25-7-9-27(10-8-25)40-13-16-43-17-14-40/h1-12,15,18-20H,13-14,16-17,21H2,(H,37,42)(H,35,36,38). The van der Waals surface area contributed by atoms with Crippen LogP contribution in [0.5, 0.6) is 0 Å². The summed E-state index contributed by atoms with van der Waals surface area (Å²) in [5.74, 6) is 0.473. The number of thiazole rings is 1. The van der Waals surface area contributed by atoms with E-state index in [9.17, 15) is 4.79 Å². The van der Waals surface area contributed by atoms with Crippen LogP contribution in [-0.2, 0) is 16.1 Å². The number of rotatable bonds is 8. The molecule has 1 saturated heterocycles. The highest BCUT2D eigenvalue weighted by molar-refractivity contribution is 7.15. The number of anilines is 4. The number of imidazole rings is 1. The Balaban J connectivity index is 1.11. The normalized spacial score (nSPS) is 13.1. The number of nitrogens with one attached hydrogen (secondary N) is 2. The molecule has 10 nitrogen and oxygen atoms in total. The zero-order valence-electron chi connectivity index (χ0n) is 24.0. The highest BCUT2D eigenvalue weighted by atomic mass is 35.5. The van der Waals surface area contributed by atoms with Gasteiger partial charge in [-0.15, -0.1) is 11.3 Å². The monoisotopic (exact) mass is 637 g/mol. The fraction of sp³-hybridized carbons (Fsp3) is 0.152. The molecular formula is C33H28ClN7O3S. The Labute approximate surface area is 268 Å². The lowest BCUT2D eigenvalue weighted by Crippen LogP contribution is -2.36. The van der Waals surface area contributed by atoms with Gasteiger partial charge in [0.05, 0.1) is 24.6 Å². The summed E-state index contributed by atoms with van der Waals surface area (Å²) < 4.78 is 12.9. The van der Waals surface area contributed by atoms with Crippen LogP contribution in [0.25, 0.3) is 27.6 Å². The molecule has 1 fully saturated rings. The zero-order chi connectivity index (χ0) is 30.6. The predicted octanol–water partition coefficient (Wildman–Crippen LogP) is 7.50. The van der Waals surface area contributed by atoms with Crippen molar-refractivity contribution in [3.05, 3.63) is 107 Å². The van der Waals surface area contributed by atoms with Gasteiger partial charge in [0.25, 0.3) is 0 Å². The Morgan fingerprint density at radius 1 is 0.978 bits per heavy atom. The fourth-order valence-electron chi connectivity index (χ4n) is 5.16. The van der Waals surface area contributed by atoms with E-state index in [0.29, 0.717) is 22.4 Å². The lowest BCUT2D eigenvalue weighted by atomic mass is 10.1. The minimum atomic E-state index is -0.567. The summed E-state index contributed by atoms with van der Waals surface area (Å²) >= 11 is 7.57. The van der Waals surface area contributed by atoms with Crippen LogP contribution < -0.4 is 15.5 Å². The molecule has 0 atom stereocenters. The maximum atomic E-state index is 12.6. The van der Waals surface area contributed by atoms with Crippen LogP contribution in [0.15, 0.2) is 96.6 Å². The third-order valence-electron chi connectivity index (χ3n) is 7.30. The van der Waals surface area contributed by atoms with E-state index in [1.165, 1.54) is 11.3 Å². The van der Waals surface area contributed by atoms with Crippen LogP contribution in [0.4, 0.5) is 27.8 Å². The summed E-state index contributed by atoms with van der Waals surface area (Å²) in [4.78, 5) is 30.0. The third-order valence-corrected chi connectivity index (χ3v) is 8.29. The molecule has 226 valence electrons. The van der Waals surface area contributed by atoms with Gasteiger partial charge in [-0.2, -0.15) is 0 Å². The van der Waals surface area contributed by atoms with Crippen LogP contribution in [0.2, 0.25) is 5.02 Å². The zero-order valence-corrected chi connectivity index (χ0v) is 25.6. The minimum Gasteiger partial charge on any atom is -0.444 e.